The Morgan fingerprint density at radius 1 is 1.25 bits per heavy atom. The zero-order valence-corrected chi connectivity index (χ0v) is 14.5. The lowest BCUT2D eigenvalue weighted by atomic mass is 10.1. The smallest absolute Gasteiger partial charge is 0.137 e. The van der Waals surface area contributed by atoms with Gasteiger partial charge in [0.05, 0.1) is 6.10 Å². The molecule has 0 saturated carbocycles. The fraction of sp³-hybridized carbons (Fsp3) is 0.526. The van der Waals surface area contributed by atoms with Gasteiger partial charge < -0.3 is 9.67 Å². The standard InChI is InChI=1S/C19H26N4O/c1-14-5-6-20-19(8-14)23-7-3-4-16(23)11-21-12-17-9-18(24)13-22(17)10-15(21)2/h3-8,15,17-18,24H,9-13H2,1-2H3/t15-,17-,18+/m0/s1. The Kier molecular flexibility index (Phi) is 4.16. The molecule has 4 rings (SSSR count). The molecule has 5 nitrogen and oxygen atoms in total. The van der Waals surface area contributed by atoms with Crippen LogP contribution in [-0.2, 0) is 6.54 Å². The third-order valence-electron chi connectivity index (χ3n) is 5.42. The molecule has 2 aromatic rings. The highest BCUT2D eigenvalue weighted by molar-refractivity contribution is 5.31. The predicted molar refractivity (Wildman–Crippen MR) is 94.2 cm³/mol. The largest absolute Gasteiger partial charge is 0.392 e. The summed E-state index contributed by atoms with van der Waals surface area (Å²) >= 11 is 0. The lowest BCUT2D eigenvalue weighted by Crippen LogP contribution is -2.54. The molecule has 2 saturated heterocycles. The zero-order chi connectivity index (χ0) is 16.7. The van der Waals surface area contributed by atoms with E-state index in [9.17, 15) is 5.11 Å². The van der Waals surface area contributed by atoms with Gasteiger partial charge in [0.15, 0.2) is 0 Å². The second-order valence-corrected chi connectivity index (χ2v) is 7.34. The van der Waals surface area contributed by atoms with Crippen LogP contribution in [0.3, 0.4) is 0 Å². The molecule has 0 aliphatic carbocycles. The van der Waals surface area contributed by atoms with Crippen LogP contribution in [0.4, 0.5) is 0 Å². The normalized spacial score (nSPS) is 28.2. The van der Waals surface area contributed by atoms with Crippen molar-refractivity contribution in [1.29, 1.82) is 0 Å². The third-order valence-corrected chi connectivity index (χ3v) is 5.42. The number of aliphatic hydroxyl groups excluding tert-OH is 1. The summed E-state index contributed by atoms with van der Waals surface area (Å²) < 4.78 is 2.19. The van der Waals surface area contributed by atoms with Crippen LogP contribution in [0, 0.1) is 6.92 Å². The van der Waals surface area contributed by atoms with E-state index < -0.39 is 0 Å². The van der Waals surface area contributed by atoms with Crippen LogP contribution in [0.1, 0.15) is 24.6 Å². The van der Waals surface area contributed by atoms with Crippen LogP contribution in [-0.4, -0.2) is 62.3 Å². The van der Waals surface area contributed by atoms with E-state index in [1.807, 2.05) is 12.3 Å². The number of fused-ring (bicyclic) bond motifs is 1. The fourth-order valence-corrected chi connectivity index (χ4v) is 4.13. The molecule has 4 heterocycles. The summed E-state index contributed by atoms with van der Waals surface area (Å²) in [7, 11) is 0. The number of aryl methyl sites for hydroxylation is 1. The van der Waals surface area contributed by atoms with Gasteiger partial charge >= 0.3 is 0 Å². The Balaban J connectivity index is 1.53. The number of piperazine rings is 1. The van der Waals surface area contributed by atoms with E-state index in [1.54, 1.807) is 0 Å². The average Bonchev–Trinajstić information content (AvgIpc) is 3.13. The van der Waals surface area contributed by atoms with E-state index >= 15 is 0 Å². The van der Waals surface area contributed by atoms with E-state index in [0.717, 1.165) is 38.4 Å². The highest BCUT2D eigenvalue weighted by Crippen LogP contribution is 2.26. The van der Waals surface area contributed by atoms with Crippen molar-refractivity contribution in [2.45, 2.75) is 45.0 Å². The minimum atomic E-state index is -0.150. The van der Waals surface area contributed by atoms with Gasteiger partial charge in [-0.05, 0) is 50.1 Å². The molecule has 2 aromatic heterocycles. The zero-order valence-electron chi connectivity index (χ0n) is 14.5. The van der Waals surface area contributed by atoms with Crippen molar-refractivity contribution in [2.24, 2.45) is 0 Å². The van der Waals surface area contributed by atoms with Crippen LogP contribution >= 0.6 is 0 Å². The van der Waals surface area contributed by atoms with Crippen molar-refractivity contribution >= 4 is 0 Å². The Hall–Kier alpha value is -1.69. The number of aliphatic hydroxyl groups is 1. The molecular weight excluding hydrogens is 300 g/mol. The van der Waals surface area contributed by atoms with Crippen molar-refractivity contribution in [3.05, 3.63) is 47.9 Å². The summed E-state index contributed by atoms with van der Waals surface area (Å²) in [4.78, 5) is 9.51. The number of nitrogens with zero attached hydrogens (tertiary/aromatic N) is 4. The fourth-order valence-electron chi connectivity index (χ4n) is 4.13. The highest BCUT2D eigenvalue weighted by Gasteiger charge is 2.38. The molecule has 2 fully saturated rings. The molecule has 2 aliphatic rings. The van der Waals surface area contributed by atoms with E-state index in [4.69, 9.17) is 0 Å². The molecule has 128 valence electrons. The number of hydrogen-bond donors (Lipinski definition) is 1. The Labute approximate surface area is 143 Å². The van der Waals surface area contributed by atoms with Crippen LogP contribution in [0.5, 0.6) is 0 Å². The summed E-state index contributed by atoms with van der Waals surface area (Å²) in [6.07, 6.45) is 4.72. The van der Waals surface area contributed by atoms with Gasteiger partial charge in [-0.1, -0.05) is 0 Å². The van der Waals surface area contributed by atoms with E-state index in [2.05, 4.69) is 57.6 Å². The number of aromatic nitrogens is 2. The molecular formula is C19H26N4O. The van der Waals surface area contributed by atoms with Crippen molar-refractivity contribution in [2.75, 3.05) is 19.6 Å². The topological polar surface area (TPSA) is 44.5 Å². The molecule has 0 radical (unpaired) electrons. The first kappa shape index (κ1) is 15.8. The molecule has 2 aliphatic heterocycles. The highest BCUT2D eigenvalue weighted by atomic mass is 16.3. The van der Waals surface area contributed by atoms with E-state index in [-0.39, 0.29) is 6.10 Å². The van der Waals surface area contributed by atoms with Gasteiger partial charge in [-0.25, -0.2) is 4.98 Å². The first-order chi connectivity index (χ1) is 11.6. The van der Waals surface area contributed by atoms with Crippen molar-refractivity contribution < 1.29 is 5.11 Å². The maximum atomic E-state index is 9.94. The lowest BCUT2D eigenvalue weighted by molar-refractivity contribution is 0.0517. The van der Waals surface area contributed by atoms with Crippen molar-refractivity contribution in [3.63, 3.8) is 0 Å². The molecule has 0 spiro atoms. The Bertz CT molecular complexity index is 713. The van der Waals surface area contributed by atoms with Gasteiger partial charge in [-0.2, -0.15) is 0 Å². The second-order valence-electron chi connectivity index (χ2n) is 7.34. The van der Waals surface area contributed by atoms with Crippen molar-refractivity contribution in [1.82, 2.24) is 19.4 Å². The molecule has 0 unspecified atom stereocenters. The summed E-state index contributed by atoms with van der Waals surface area (Å²) in [6, 6.07) is 9.43. The molecule has 5 heteroatoms. The van der Waals surface area contributed by atoms with E-state index in [0.29, 0.717) is 12.1 Å². The first-order valence-electron chi connectivity index (χ1n) is 8.85. The molecule has 0 bridgehead atoms. The van der Waals surface area contributed by atoms with Gasteiger partial charge in [0.1, 0.15) is 5.82 Å². The lowest BCUT2D eigenvalue weighted by Gasteiger charge is -2.42. The minimum Gasteiger partial charge on any atom is -0.392 e. The maximum Gasteiger partial charge on any atom is 0.137 e. The van der Waals surface area contributed by atoms with Gasteiger partial charge in [0, 0.05) is 56.4 Å². The summed E-state index contributed by atoms with van der Waals surface area (Å²) in [5, 5.41) is 9.94. The molecule has 24 heavy (non-hydrogen) atoms. The predicted octanol–water partition coefficient (Wildman–Crippen LogP) is 1.82. The average molecular weight is 326 g/mol. The molecule has 0 aromatic carbocycles. The molecule has 0 amide bonds. The summed E-state index contributed by atoms with van der Waals surface area (Å²) in [5.74, 6) is 0.984. The van der Waals surface area contributed by atoms with Crippen LogP contribution in [0.2, 0.25) is 0 Å². The van der Waals surface area contributed by atoms with Gasteiger partial charge in [0.25, 0.3) is 0 Å². The minimum absolute atomic E-state index is 0.150. The molecule has 3 atom stereocenters. The SMILES string of the molecule is Cc1ccnc(-n2cccc2CN2C[C@@H]3C[C@@H](O)CN3C[C@@H]2C)c1. The first-order valence-corrected chi connectivity index (χ1v) is 8.85. The van der Waals surface area contributed by atoms with E-state index in [1.165, 1.54) is 11.3 Å². The van der Waals surface area contributed by atoms with Crippen LogP contribution in [0.25, 0.3) is 5.82 Å². The number of hydrogen-bond acceptors (Lipinski definition) is 4. The molecule has 1 N–H and O–H groups in total. The van der Waals surface area contributed by atoms with Crippen LogP contribution in [0.15, 0.2) is 36.7 Å². The summed E-state index contributed by atoms with van der Waals surface area (Å²) in [5.41, 5.74) is 2.49. The van der Waals surface area contributed by atoms with Crippen molar-refractivity contribution in [3.8, 4) is 5.82 Å². The van der Waals surface area contributed by atoms with Gasteiger partial charge in [-0.15, -0.1) is 0 Å². The quantitative estimate of drug-likeness (QED) is 0.934. The van der Waals surface area contributed by atoms with Crippen LogP contribution < -0.4 is 0 Å². The number of pyridine rings is 1. The maximum absolute atomic E-state index is 9.94. The number of rotatable bonds is 3. The third kappa shape index (κ3) is 2.99. The Morgan fingerprint density at radius 3 is 2.96 bits per heavy atom. The van der Waals surface area contributed by atoms with Gasteiger partial charge in [-0.3, -0.25) is 9.80 Å². The summed E-state index contributed by atoms with van der Waals surface area (Å²) in [6.45, 7) is 8.23. The van der Waals surface area contributed by atoms with Gasteiger partial charge in [0.2, 0.25) is 0 Å². The monoisotopic (exact) mass is 326 g/mol. The Morgan fingerprint density at radius 2 is 2.12 bits per heavy atom. The second kappa shape index (κ2) is 6.31.